The normalized spacial score (nSPS) is 12.2. The van der Waals surface area contributed by atoms with Crippen molar-refractivity contribution in [3.8, 4) is 0 Å². The number of hydrogen-bond donors (Lipinski definition) is 0. The first-order chi connectivity index (χ1) is 4.70. The van der Waals surface area contributed by atoms with Crippen molar-refractivity contribution in [2.75, 3.05) is 12.0 Å². The molecule has 0 radical (unpaired) electrons. The minimum atomic E-state index is 0.479. The van der Waals surface area contributed by atoms with Gasteiger partial charge in [-0.05, 0) is 17.7 Å². The Bertz CT molecular complexity index is 127. The van der Waals surface area contributed by atoms with E-state index in [9.17, 15) is 4.79 Å². The van der Waals surface area contributed by atoms with Crippen LogP contribution >= 0.6 is 11.8 Å². The van der Waals surface area contributed by atoms with Gasteiger partial charge in [0.25, 0.3) is 0 Å². The first-order valence-corrected chi connectivity index (χ1v) is 4.75. The Hall–Kier alpha value is -0.240. The van der Waals surface area contributed by atoms with E-state index in [4.69, 9.17) is 0 Å². The minimum Gasteiger partial charge on any atom is -0.298 e. The molecular weight excluding hydrogens is 144 g/mol. The van der Waals surface area contributed by atoms with Crippen LogP contribution in [0.15, 0.2) is 11.6 Å². The third-order valence-corrected chi connectivity index (χ3v) is 1.63. The number of aldehydes is 1. The number of rotatable bonds is 4. The van der Waals surface area contributed by atoms with Gasteiger partial charge >= 0.3 is 0 Å². The largest absolute Gasteiger partial charge is 0.298 e. The topological polar surface area (TPSA) is 17.1 Å². The van der Waals surface area contributed by atoms with Crippen LogP contribution < -0.4 is 0 Å². The van der Waals surface area contributed by atoms with Crippen molar-refractivity contribution in [2.45, 2.75) is 13.8 Å². The molecule has 0 aromatic heterocycles. The van der Waals surface area contributed by atoms with Gasteiger partial charge in [0.15, 0.2) is 0 Å². The third-order valence-electron chi connectivity index (χ3n) is 1.01. The van der Waals surface area contributed by atoms with Gasteiger partial charge in [-0.2, -0.15) is 11.8 Å². The Labute approximate surface area is 66.9 Å². The monoisotopic (exact) mass is 158 g/mol. The lowest BCUT2D eigenvalue weighted by Gasteiger charge is -1.98. The Morgan fingerprint density at radius 3 is 2.50 bits per heavy atom. The summed E-state index contributed by atoms with van der Waals surface area (Å²) in [7, 11) is 0. The quantitative estimate of drug-likeness (QED) is 0.460. The van der Waals surface area contributed by atoms with E-state index in [0.29, 0.717) is 5.92 Å². The van der Waals surface area contributed by atoms with Gasteiger partial charge in [0.2, 0.25) is 0 Å². The smallest absolute Gasteiger partial charge is 0.146 e. The van der Waals surface area contributed by atoms with Gasteiger partial charge in [-0.1, -0.05) is 19.9 Å². The second-order valence-electron chi connectivity index (χ2n) is 2.54. The molecule has 0 rings (SSSR count). The summed E-state index contributed by atoms with van der Waals surface area (Å²) in [5, 5.41) is 0. The van der Waals surface area contributed by atoms with E-state index in [2.05, 4.69) is 13.8 Å². The van der Waals surface area contributed by atoms with Gasteiger partial charge in [-0.25, -0.2) is 0 Å². The Morgan fingerprint density at radius 2 is 2.20 bits per heavy atom. The molecule has 1 nitrogen and oxygen atoms in total. The summed E-state index contributed by atoms with van der Waals surface area (Å²) in [6, 6.07) is 0. The highest BCUT2D eigenvalue weighted by atomic mass is 32.2. The highest BCUT2D eigenvalue weighted by Crippen LogP contribution is 2.05. The molecule has 10 heavy (non-hydrogen) atoms. The van der Waals surface area contributed by atoms with Gasteiger partial charge in [0, 0.05) is 5.75 Å². The zero-order valence-corrected chi connectivity index (χ0v) is 7.57. The summed E-state index contributed by atoms with van der Waals surface area (Å²) in [6.45, 7) is 4.15. The van der Waals surface area contributed by atoms with E-state index in [1.54, 1.807) is 11.8 Å². The predicted molar refractivity (Wildman–Crippen MR) is 47.4 cm³/mol. The molecule has 0 saturated carbocycles. The molecule has 2 heteroatoms. The van der Waals surface area contributed by atoms with Crippen molar-refractivity contribution >= 4 is 18.0 Å². The molecule has 58 valence electrons. The molecule has 0 amide bonds. The van der Waals surface area contributed by atoms with Crippen LogP contribution in [-0.2, 0) is 4.79 Å². The van der Waals surface area contributed by atoms with Crippen molar-refractivity contribution in [1.29, 1.82) is 0 Å². The lowest BCUT2D eigenvalue weighted by Crippen LogP contribution is -1.91. The van der Waals surface area contributed by atoms with Crippen LogP contribution in [0.5, 0.6) is 0 Å². The van der Waals surface area contributed by atoms with Gasteiger partial charge in [-0.3, -0.25) is 4.79 Å². The molecule has 0 fully saturated rings. The predicted octanol–water partition coefficient (Wildman–Crippen LogP) is 2.13. The maximum atomic E-state index is 10.3. The first-order valence-electron chi connectivity index (χ1n) is 3.35. The zero-order valence-electron chi connectivity index (χ0n) is 6.76. The van der Waals surface area contributed by atoms with Gasteiger partial charge in [-0.15, -0.1) is 0 Å². The van der Waals surface area contributed by atoms with Crippen LogP contribution in [0.4, 0.5) is 0 Å². The van der Waals surface area contributed by atoms with Crippen molar-refractivity contribution in [3.63, 3.8) is 0 Å². The van der Waals surface area contributed by atoms with Crippen molar-refractivity contribution < 1.29 is 4.79 Å². The van der Waals surface area contributed by atoms with Crippen LogP contribution in [0.1, 0.15) is 13.8 Å². The second kappa shape index (κ2) is 5.54. The molecule has 0 heterocycles. The summed E-state index contributed by atoms with van der Waals surface area (Å²) in [6.07, 6.45) is 4.94. The lowest BCUT2D eigenvalue weighted by atomic mass is 10.1. The standard InChI is InChI=1S/C8H14OS/c1-7(2)4-8(5-9)6-10-3/h4-5,7H,6H2,1-3H3/b8-4+. The number of carbonyl (C=O) groups excluding carboxylic acids is 1. The van der Waals surface area contributed by atoms with E-state index in [1.165, 1.54) is 0 Å². The van der Waals surface area contributed by atoms with E-state index < -0.39 is 0 Å². The van der Waals surface area contributed by atoms with Crippen molar-refractivity contribution in [1.82, 2.24) is 0 Å². The molecule has 0 N–H and O–H groups in total. The molecule has 0 aliphatic rings. The highest BCUT2D eigenvalue weighted by Gasteiger charge is 1.94. The van der Waals surface area contributed by atoms with Crippen LogP contribution in [0.3, 0.4) is 0 Å². The first kappa shape index (κ1) is 9.76. The fourth-order valence-electron chi connectivity index (χ4n) is 0.716. The molecule has 0 unspecified atom stereocenters. The summed E-state index contributed by atoms with van der Waals surface area (Å²) in [5.74, 6) is 1.31. The van der Waals surface area contributed by atoms with Crippen molar-refractivity contribution in [2.24, 2.45) is 5.92 Å². The highest BCUT2D eigenvalue weighted by molar-refractivity contribution is 7.98. The van der Waals surface area contributed by atoms with Crippen LogP contribution in [0.2, 0.25) is 0 Å². The van der Waals surface area contributed by atoms with Crippen LogP contribution in [0.25, 0.3) is 0 Å². The average Bonchev–Trinajstić information content (AvgIpc) is 1.86. The molecular formula is C8H14OS. The zero-order chi connectivity index (χ0) is 7.98. The second-order valence-corrected chi connectivity index (χ2v) is 3.40. The van der Waals surface area contributed by atoms with Gasteiger partial charge in [0.1, 0.15) is 6.29 Å². The Morgan fingerprint density at radius 1 is 1.60 bits per heavy atom. The van der Waals surface area contributed by atoms with E-state index >= 15 is 0 Å². The van der Waals surface area contributed by atoms with Crippen LogP contribution in [-0.4, -0.2) is 18.3 Å². The third kappa shape index (κ3) is 4.62. The van der Waals surface area contributed by atoms with E-state index in [0.717, 1.165) is 17.6 Å². The van der Waals surface area contributed by atoms with E-state index in [1.807, 2.05) is 12.3 Å². The fraction of sp³-hybridized carbons (Fsp3) is 0.625. The number of carbonyl (C=O) groups is 1. The summed E-state index contributed by atoms with van der Waals surface area (Å²) in [5.41, 5.74) is 0.905. The summed E-state index contributed by atoms with van der Waals surface area (Å²) < 4.78 is 0. The summed E-state index contributed by atoms with van der Waals surface area (Å²) in [4.78, 5) is 10.3. The fourth-order valence-corrected chi connectivity index (χ4v) is 1.21. The number of allylic oxidation sites excluding steroid dienone is 1. The maximum Gasteiger partial charge on any atom is 0.146 e. The molecule has 0 aliphatic heterocycles. The maximum absolute atomic E-state index is 10.3. The number of thioether (sulfide) groups is 1. The average molecular weight is 158 g/mol. The van der Waals surface area contributed by atoms with Gasteiger partial charge in [0.05, 0.1) is 0 Å². The van der Waals surface area contributed by atoms with Crippen LogP contribution in [0, 0.1) is 5.92 Å². The number of hydrogen-bond acceptors (Lipinski definition) is 2. The molecule has 0 bridgehead atoms. The summed E-state index contributed by atoms with van der Waals surface area (Å²) >= 11 is 1.68. The van der Waals surface area contributed by atoms with Gasteiger partial charge < -0.3 is 0 Å². The molecule has 0 atom stereocenters. The molecule has 0 aromatic rings. The molecule has 0 spiro atoms. The minimum absolute atomic E-state index is 0.479. The lowest BCUT2D eigenvalue weighted by molar-refractivity contribution is -0.104. The Balaban J connectivity index is 3.90. The molecule has 0 saturated heterocycles. The van der Waals surface area contributed by atoms with E-state index in [-0.39, 0.29) is 0 Å². The molecule has 0 aromatic carbocycles. The Kier molecular flexibility index (Phi) is 5.40. The molecule has 0 aliphatic carbocycles. The SMILES string of the molecule is CSC/C(C=O)=C/C(C)C. The van der Waals surface area contributed by atoms with Crippen molar-refractivity contribution in [3.05, 3.63) is 11.6 Å².